The van der Waals surface area contributed by atoms with E-state index in [0.717, 1.165) is 36.9 Å². The van der Waals surface area contributed by atoms with E-state index < -0.39 is 0 Å². The minimum atomic E-state index is -0.102. The molecule has 0 spiro atoms. The van der Waals surface area contributed by atoms with Crippen molar-refractivity contribution in [3.8, 4) is 11.3 Å². The zero-order valence-electron chi connectivity index (χ0n) is 17.5. The van der Waals surface area contributed by atoms with Crippen molar-refractivity contribution in [3.63, 3.8) is 0 Å². The number of pyridine rings is 1. The van der Waals surface area contributed by atoms with Crippen molar-refractivity contribution in [3.05, 3.63) is 83.6 Å². The lowest BCUT2D eigenvalue weighted by Gasteiger charge is -2.15. The molecule has 1 aliphatic carbocycles. The van der Waals surface area contributed by atoms with E-state index in [1.807, 2.05) is 61.5 Å². The number of nitrogens with zero attached hydrogens (tertiary/aromatic N) is 2. The molecule has 4 aromatic rings. The Bertz CT molecular complexity index is 1200. The van der Waals surface area contributed by atoms with Crippen LogP contribution in [0.4, 0.5) is 0 Å². The van der Waals surface area contributed by atoms with Gasteiger partial charge < -0.3 is 9.84 Å². The van der Waals surface area contributed by atoms with Gasteiger partial charge in [-0.2, -0.15) is 0 Å². The fourth-order valence-corrected chi connectivity index (χ4v) is 3.93. The summed E-state index contributed by atoms with van der Waals surface area (Å²) in [5.41, 5.74) is 4.80. The minimum absolute atomic E-state index is 0.0420. The number of carbonyl (C=O) groups excluding carboxylic acids is 1. The van der Waals surface area contributed by atoms with Crippen molar-refractivity contribution in [1.82, 2.24) is 15.5 Å². The number of aromatic nitrogens is 2. The fourth-order valence-electron chi connectivity index (χ4n) is 3.93. The summed E-state index contributed by atoms with van der Waals surface area (Å²) in [7, 11) is 0. The van der Waals surface area contributed by atoms with Gasteiger partial charge in [0.05, 0.1) is 10.9 Å². The zero-order valence-corrected chi connectivity index (χ0v) is 17.5. The third-order valence-electron chi connectivity index (χ3n) is 5.84. The number of hydrogen-bond acceptors (Lipinski definition) is 4. The highest BCUT2D eigenvalue weighted by molar-refractivity contribution is 6.09. The van der Waals surface area contributed by atoms with E-state index in [1.165, 1.54) is 5.56 Å². The lowest BCUT2D eigenvalue weighted by molar-refractivity contribution is 0.0940. The predicted molar refractivity (Wildman–Crippen MR) is 121 cm³/mol. The molecule has 2 heterocycles. The van der Waals surface area contributed by atoms with Gasteiger partial charge in [0.15, 0.2) is 0 Å². The number of nitrogens with one attached hydrogen (secondary N) is 1. The van der Waals surface area contributed by atoms with E-state index in [9.17, 15) is 4.79 Å². The lowest BCUT2D eigenvalue weighted by atomic mass is 10.0. The first-order valence-corrected chi connectivity index (χ1v) is 10.9. The first-order chi connectivity index (χ1) is 15.2. The highest BCUT2D eigenvalue weighted by Crippen LogP contribution is 2.41. The number of hydrogen-bond donors (Lipinski definition) is 1. The zero-order chi connectivity index (χ0) is 21.2. The number of rotatable bonds is 7. The number of amides is 1. The molecule has 31 heavy (non-hydrogen) atoms. The van der Waals surface area contributed by atoms with Crippen LogP contribution in [-0.4, -0.2) is 22.1 Å². The van der Waals surface area contributed by atoms with Gasteiger partial charge in [-0.05, 0) is 44.2 Å². The predicted octanol–water partition coefficient (Wildman–Crippen LogP) is 5.52. The van der Waals surface area contributed by atoms with E-state index in [-0.39, 0.29) is 11.9 Å². The molecule has 1 saturated carbocycles. The first-order valence-electron chi connectivity index (χ1n) is 10.9. The van der Waals surface area contributed by atoms with Crippen LogP contribution in [0.1, 0.15) is 53.7 Å². The molecule has 1 fully saturated rings. The van der Waals surface area contributed by atoms with Crippen LogP contribution in [0.25, 0.3) is 22.4 Å². The van der Waals surface area contributed by atoms with Crippen LogP contribution >= 0.6 is 0 Å². The van der Waals surface area contributed by atoms with Crippen molar-refractivity contribution >= 4 is 17.0 Å². The van der Waals surface area contributed by atoms with Crippen molar-refractivity contribution in [2.45, 2.75) is 44.6 Å². The minimum Gasteiger partial charge on any atom is -0.350 e. The average Bonchev–Trinajstić information content (AvgIpc) is 3.57. The van der Waals surface area contributed by atoms with Gasteiger partial charge in [-0.1, -0.05) is 65.8 Å². The lowest BCUT2D eigenvalue weighted by Crippen LogP contribution is -2.33. The van der Waals surface area contributed by atoms with Crippen molar-refractivity contribution in [1.29, 1.82) is 0 Å². The summed E-state index contributed by atoms with van der Waals surface area (Å²) in [5, 5.41) is 8.13. The third kappa shape index (κ3) is 4.22. The van der Waals surface area contributed by atoms with Crippen LogP contribution in [-0.2, 0) is 6.42 Å². The van der Waals surface area contributed by atoms with E-state index >= 15 is 0 Å². The number of fused-ring (bicyclic) bond motifs is 1. The number of carbonyl (C=O) groups is 1. The maximum absolute atomic E-state index is 13.3. The average molecular weight is 412 g/mol. The summed E-state index contributed by atoms with van der Waals surface area (Å²) in [6, 6.07) is 22.1. The summed E-state index contributed by atoms with van der Waals surface area (Å²) in [6.45, 7) is 2.05. The summed E-state index contributed by atoms with van der Waals surface area (Å²) in [5.74, 6) is 0.312. The summed E-state index contributed by atoms with van der Waals surface area (Å²) in [4.78, 5) is 18.0. The van der Waals surface area contributed by atoms with Gasteiger partial charge in [0.2, 0.25) is 0 Å². The Morgan fingerprint density at radius 1 is 1.10 bits per heavy atom. The molecular weight excluding hydrogens is 386 g/mol. The highest BCUT2D eigenvalue weighted by atomic mass is 16.5. The molecule has 0 saturated heterocycles. The molecule has 5 rings (SSSR count). The SMILES string of the molecule is CC(CCc1ccccc1)NC(=O)c1cc(C2CC2)nc2onc(-c3ccccc3)c12. The summed E-state index contributed by atoms with van der Waals surface area (Å²) < 4.78 is 5.58. The third-order valence-corrected chi connectivity index (χ3v) is 5.84. The molecule has 5 nitrogen and oxygen atoms in total. The fraction of sp³-hybridized carbons (Fsp3) is 0.269. The van der Waals surface area contributed by atoms with Gasteiger partial charge in [0.25, 0.3) is 11.6 Å². The van der Waals surface area contributed by atoms with Crippen molar-refractivity contribution in [2.75, 3.05) is 0 Å². The Morgan fingerprint density at radius 2 is 1.81 bits per heavy atom. The molecule has 0 radical (unpaired) electrons. The Labute approximate surface area is 181 Å². The second-order valence-corrected chi connectivity index (χ2v) is 8.35. The molecule has 1 atom stereocenters. The summed E-state index contributed by atoms with van der Waals surface area (Å²) >= 11 is 0. The molecule has 0 aliphatic heterocycles. The van der Waals surface area contributed by atoms with Gasteiger partial charge in [0.1, 0.15) is 5.69 Å². The van der Waals surface area contributed by atoms with E-state index in [1.54, 1.807) is 0 Å². The molecule has 1 amide bonds. The van der Waals surface area contributed by atoms with Gasteiger partial charge >= 0.3 is 0 Å². The quantitative estimate of drug-likeness (QED) is 0.435. The molecule has 156 valence electrons. The molecular formula is C26H25N3O2. The number of benzene rings is 2. The van der Waals surface area contributed by atoms with Gasteiger partial charge in [-0.15, -0.1) is 0 Å². The van der Waals surface area contributed by atoms with Crippen LogP contribution in [0.5, 0.6) is 0 Å². The second-order valence-electron chi connectivity index (χ2n) is 8.35. The van der Waals surface area contributed by atoms with Gasteiger partial charge in [-0.25, -0.2) is 4.98 Å². The van der Waals surface area contributed by atoms with Crippen molar-refractivity contribution < 1.29 is 9.32 Å². The summed E-state index contributed by atoms with van der Waals surface area (Å²) in [6.07, 6.45) is 4.00. The molecule has 0 bridgehead atoms. The monoisotopic (exact) mass is 411 g/mol. The molecule has 1 N–H and O–H groups in total. The Hall–Kier alpha value is -3.47. The topological polar surface area (TPSA) is 68.0 Å². The first kappa shape index (κ1) is 19.5. The van der Waals surface area contributed by atoms with Gasteiger partial charge in [0, 0.05) is 23.2 Å². The van der Waals surface area contributed by atoms with Crippen LogP contribution in [0.15, 0.2) is 71.3 Å². The second kappa shape index (κ2) is 8.34. The standard InChI is InChI=1S/C26H25N3O2/c1-17(12-13-18-8-4-2-5-9-18)27-25(30)21-16-22(19-14-15-19)28-26-23(21)24(29-31-26)20-10-6-3-7-11-20/h2-11,16-17,19H,12-15H2,1H3,(H,27,30). The van der Waals surface area contributed by atoms with E-state index in [4.69, 9.17) is 4.52 Å². The van der Waals surface area contributed by atoms with Crippen LogP contribution < -0.4 is 5.32 Å². The van der Waals surface area contributed by atoms with E-state index in [2.05, 4.69) is 27.6 Å². The molecule has 1 unspecified atom stereocenters. The Balaban J connectivity index is 1.44. The molecule has 1 aliphatic rings. The number of aryl methyl sites for hydroxylation is 1. The van der Waals surface area contributed by atoms with Crippen LogP contribution in [0.2, 0.25) is 0 Å². The van der Waals surface area contributed by atoms with E-state index in [0.29, 0.717) is 28.3 Å². The molecule has 5 heteroatoms. The maximum Gasteiger partial charge on any atom is 0.259 e. The van der Waals surface area contributed by atoms with Crippen LogP contribution in [0.3, 0.4) is 0 Å². The largest absolute Gasteiger partial charge is 0.350 e. The molecule has 2 aromatic heterocycles. The normalized spacial score (nSPS) is 14.5. The molecule has 2 aromatic carbocycles. The van der Waals surface area contributed by atoms with Gasteiger partial charge in [-0.3, -0.25) is 4.79 Å². The smallest absolute Gasteiger partial charge is 0.259 e. The maximum atomic E-state index is 13.3. The van der Waals surface area contributed by atoms with Crippen molar-refractivity contribution in [2.24, 2.45) is 0 Å². The van der Waals surface area contributed by atoms with Crippen LogP contribution in [0, 0.1) is 0 Å². The Kier molecular flexibility index (Phi) is 5.24. The highest BCUT2D eigenvalue weighted by Gasteiger charge is 2.29. The Morgan fingerprint density at radius 3 is 2.52 bits per heavy atom.